The van der Waals surface area contributed by atoms with E-state index in [4.69, 9.17) is 5.11 Å². The number of rotatable bonds is 2. The second kappa shape index (κ2) is 9.15. The average Bonchev–Trinajstić information content (AvgIpc) is 1.61. The Hall–Kier alpha value is 0.149. The molecule has 3 nitrogen and oxygen atoms in total. The molecule has 2 radical (unpaired) electrons. The van der Waals surface area contributed by atoms with Gasteiger partial charge in [0.25, 0.3) is 0 Å². The summed E-state index contributed by atoms with van der Waals surface area (Å²) in [6.45, 7) is 3.99. The fourth-order valence-corrected chi connectivity index (χ4v) is 0.618. The minimum Gasteiger partial charge on any atom is -0.450 e. The van der Waals surface area contributed by atoms with E-state index in [1.807, 2.05) is 13.1 Å². The van der Waals surface area contributed by atoms with E-state index in [0.29, 0.717) is 6.23 Å². The zero-order valence-electron chi connectivity index (χ0n) is 6.35. The molecule has 0 saturated carbocycles. The Balaban J connectivity index is -0.000000245. The van der Waals surface area contributed by atoms with E-state index >= 15 is 0 Å². The van der Waals surface area contributed by atoms with Gasteiger partial charge in [-0.25, -0.2) is 4.79 Å². The van der Waals surface area contributed by atoms with Crippen molar-refractivity contribution < 1.29 is 35.1 Å². The summed E-state index contributed by atoms with van der Waals surface area (Å²) >= 11 is 0. The maximum Gasteiger partial charge on any atom is 0.505 e. The van der Waals surface area contributed by atoms with Gasteiger partial charge < -0.3 is 17.3 Å². The van der Waals surface area contributed by atoms with Crippen molar-refractivity contribution in [1.82, 2.24) is 0 Å². The Morgan fingerprint density at radius 1 is 1.60 bits per heavy atom. The number of ether oxygens (including phenoxy) is 1. The third-order valence-corrected chi connectivity index (χ3v) is 1.21. The van der Waals surface area contributed by atoms with Crippen LogP contribution in [0.4, 0.5) is 4.79 Å². The molecule has 0 heterocycles. The number of carboxylic acid groups (broad SMARTS) is 1. The van der Waals surface area contributed by atoms with Crippen molar-refractivity contribution in [2.75, 3.05) is 6.23 Å². The van der Waals surface area contributed by atoms with Crippen LogP contribution in [0.1, 0.15) is 0 Å². The molecule has 0 atom stereocenters. The number of hydrogen-bond donors (Lipinski definition) is 1. The van der Waals surface area contributed by atoms with E-state index in [1.165, 1.54) is 0 Å². The van der Waals surface area contributed by atoms with E-state index in [2.05, 4.69) is 4.74 Å². The summed E-state index contributed by atoms with van der Waals surface area (Å²) in [6.07, 6.45) is -0.781. The third kappa shape index (κ3) is 15.7. The SMILES string of the molecule is C[Si](C)COC(=O)O.[CH3-].[Re]. The van der Waals surface area contributed by atoms with Gasteiger partial charge in [-0.3, -0.25) is 0 Å². The van der Waals surface area contributed by atoms with Crippen molar-refractivity contribution in [3.05, 3.63) is 7.43 Å². The standard InChI is InChI=1S/C4H9O3Si.CH3.Re/c1-8(2)3-7-4(5)6;;/h3H2,1-2H3,(H,5,6);1H3;/q;-1;. The average molecular weight is 334 g/mol. The van der Waals surface area contributed by atoms with Crippen molar-refractivity contribution >= 4 is 15.0 Å². The second-order valence-corrected chi connectivity index (χ2v) is 4.46. The normalized spacial score (nSPS) is 7.50. The second-order valence-electron chi connectivity index (χ2n) is 1.76. The Bertz CT molecular complexity index is 87.0. The fraction of sp³-hybridized carbons (Fsp3) is 0.600. The first-order valence-electron chi connectivity index (χ1n) is 2.27. The van der Waals surface area contributed by atoms with Crippen LogP contribution >= 0.6 is 0 Å². The molecule has 0 aliphatic carbocycles. The van der Waals surface area contributed by atoms with Crippen LogP contribution in [0.25, 0.3) is 0 Å². The Labute approximate surface area is 77.0 Å². The zero-order chi connectivity index (χ0) is 6.57. The monoisotopic (exact) mass is 335 g/mol. The molecule has 0 rings (SSSR count). The van der Waals surface area contributed by atoms with Crippen LogP contribution < -0.4 is 0 Å². The van der Waals surface area contributed by atoms with Crippen LogP contribution in [-0.2, 0) is 25.2 Å². The largest absolute Gasteiger partial charge is 0.505 e. The molecular weight excluding hydrogens is 322 g/mol. The van der Waals surface area contributed by atoms with E-state index in [1.54, 1.807) is 0 Å². The molecule has 0 aromatic rings. The first-order valence-corrected chi connectivity index (χ1v) is 4.98. The maximum absolute atomic E-state index is 9.70. The third-order valence-electron chi connectivity index (χ3n) is 0.484. The zero-order valence-corrected chi connectivity index (χ0v) is 10.1. The Kier molecular flexibility index (Phi) is 15.2. The predicted octanol–water partition coefficient (Wildman–Crippen LogP) is 1.42. The van der Waals surface area contributed by atoms with Gasteiger partial charge in [0, 0.05) is 20.4 Å². The van der Waals surface area contributed by atoms with Gasteiger partial charge in [0.2, 0.25) is 0 Å². The Morgan fingerprint density at radius 2 is 2.00 bits per heavy atom. The molecule has 0 unspecified atom stereocenters. The van der Waals surface area contributed by atoms with Gasteiger partial charge in [-0.2, -0.15) is 0 Å². The summed E-state index contributed by atoms with van der Waals surface area (Å²) in [6, 6.07) is 0. The van der Waals surface area contributed by atoms with Crippen LogP contribution in [0, 0.1) is 7.43 Å². The van der Waals surface area contributed by atoms with Gasteiger partial charge in [0.05, 0.1) is 15.0 Å². The number of hydrogen-bond acceptors (Lipinski definition) is 2. The topological polar surface area (TPSA) is 46.5 Å². The summed E-state index contributed by atoms with van der Waals surface area (Å²) in [5, 5.41) is 7.96. The minimum atomic E-state index is -1.17. The molecule has 0 aliphatic heterocycles. The first kappa shape index (κ1) is 16.6. The van der Waals surface area contributed by atoms with Crippen LogP contribution in [0.5, 0.6) is 0 Å². The minimum absolute atomic E-state index is 0. The van der Waals surface area contributed by atoms with Gasteiger partial charge in [-0.15, -0.1) is 0 Å². The molecule has 62 valence electrons. The van der Waals surface area contributed by atoms with Crippen LogP contribution in [-0.4, -0.2) is 26.3 Å². The first-order chi connectivity index (χ1) is 3.63. The molecule has 0 aliphatic rings. The summed E-state index contributed by atoms with van der Waals surface area (Å²) < 4.78 is 4.27. The van der Waals surface area contributed by atoms with E-state index < -0.39 is 15.0 Å². The fourth-order valence-electron chi connectivity index (χ4n) is 0.206. The molecule has 0 spiro atoms. The van der Waals surface area contributed by atoms with E-state index in [9.17, 15) is 4.79 Å². The van der Waals surface area contributed by atoms with Crippen molar-refractivity contribution in [2.24, 2.45) is 0 Å². The van der Waals surface area contributed by atoms with E-state index in [0.717, 1.165) is 0 Å². The van der Waals surface area contributed by atoms with Crippen LogP contribution in [0.3, 0.4) is 0 Å². The molecule has 0 amide bonds. The summed E-state index contributed by atoms with van der Waals surface area (Å²) in [7, 11) is -0.533. The van der Waals surface area contributed by atoms with Gasteiger partial charge in [0.1, 0.15) is 0 Å². The molecule has 0 fully saturated rings. The molecular formula is C5H12O3ReSi-. The quantitative estimate of drug-likeness (QED) is 0.472. The molecule has 1 N–H and O–H groups in total. The number of carbonyl (C=O) groups is 1. The van der Waals surface area contributed by atoms with Crippen molar-refractivity contribution in [1.29, 1.82) is 0 Å². The van der Waals surface area contributed by atoms with Crippen molar-refractivity contribution in [3.8, 4) is 0 Å². The van der Waals surface area contributed by atoms with Crippen molar-refractivity contribution in [3.63, 3.8) is 0 Å². The van der Waals surface area contributed by atoms with Gasteiger partial charge in [0.15, 0.2) is 0 Å². The maximum atomic E-state index is 9.70. The summed E-state index contributed by atoms with van der Waals surface area (Å²) in [5.74, 6) is 0. The summed E-state index contributed by atoms with van der Waals surface area (Å²) in [4.78, 5) is 9.70. The molecule has 0 aromatic heterocycles. The van der Waals surface area contributed by atoms with Crippen LogP contribution in [0.15, 0.2) is 0 Å². The molecule has 0 aromatic carbocycles. The van der Waals surface area contributed by atoms with E-state index in [-0.39, 0.29) is 27.8 Å². The molecule has 5 heteroatoms. The van der Waals surface area contributed by atoms with Crippen LogP contribution in [0.2, 0.25) is 13.1 Å². The Morgan fingerprint density at radius 3 is 2.10 bits per heavy atom. The van der Waals surface area contributed by atoms with Gasteiger partial charge >= 0.3 is 6.16 Å². The van der Waals surface area contributed by atoms with Gasteiger partial charge in [-0.05, 0) is 0 Å². The summed E-state index contributed by atoms with van der Waals surface area (Å²) in [5.41, 5.74) is 0. The molecule has 0 saturated heterocycles. The predicted molar refractivity (Wildman–Crippen MR) is 37.9 cm³/mol. The molecule has 0 bridgehead atoms. The smallest absolute Gasteiger partial charge is 0.450 e. The molecule has 10 heavy (non-hydrogen) atoms. The van der Waals surface area contributed by atoms with Crippen molar-refractivity contribution in [2.45, 2.75) is 13.1 Å². The van der Waals surface area contributed by atoms with Gasteiger partial charge in [-0.1, -0.05) is 13.1 Å².